The number of rotatable bonds is 12. The third kappa shape index (κ3) is 7.66. The molecule has 0 bridgehead atoms. The van der Waals surface area contributed by atoms with Crippen LogP contribution in [0, 0.1) is 0 Å². The van der Waals surface area contributed by atoms with Crippen LogP contribution in [0.4, 0.5) is 5.69 Å². The molecule has 0 fully saturated rings. The molecule has 0 heterocycles. The highest BCUT2D eigenvalue weighted by Gasteiger charge is 2.13. The Morgan fingerprint density at radius 2 is 1.71 bits per heavy atom. The van der Waals surface area contributed by atoms with E-state index in [9.17, 15) is 13.2 Å². The number of carbonyl (C=O) groups is 1. The van der Waals surface area contributed by atoms with Crippen molar-refractivity contribution in [2.45, 2.75) is 32.4 Å². The molecule has 34 heavy (non-hydrogen) atoms. The van der Waals surface area contributed by atoms with Crippen molar-refractivity contribution in [3.05, 3.63) is 70.1 Å². The van der Waals surface area contributed by atoms with E-state index in [0.29, 0.717) is 29.3 Å². The number of nitrogens with one attached hydrogen (secondary N) is 1. The van der Waals surface area contributed by atoms with E-state index >= 15 is 0 Å². The van der Waals surface area contributed by atoms with Crippen molar-refractivity contribution in [2.75, 3.05) is 33.2 Å². The van der Waals surface area contributed by atoms with E-state index in [2.05, 4.69) is 23.0 Å². The van der Waals surface area contributed by atoms with E-state index in [1.807, 2.05) is 13.0 Å². The van der Waals surface area contributed by atoms with Gasteiger partial charge in [0.05, 0.1) is 32.8 Å². The lowest BCUT2D eigenvalue weighted by molar-refractivity contribution is -0.134. The molecular weight excluding hydrogens is 454 g/mol. The monoisotopic (exact) mass is 487 g/mol. The van der Waals surface area contributed by atoms with Gasteiger partial charge in [0.1, 0.15) is 11.5 Å². The number of anilines is 1. The molecule has 0 spiro atoms. The van der Waals surface area contributed by atoms with Crippen LogP contribution < -0.4 is 14.8 Å². The standard InChI is InChI=1S/C26H33NO6S/c1-6-19-15-21(7-2)22(25(17-19)32-4)12-14-34(29,30)18-20-10-11-24(31-3)23(16-20)27-13-8-9-26(28)33-5/h8-12,14-17,27H,6-7,13,18H2,1-5H3/b9-8+,14-12+. The quantitative estimate of drug-likeness (QED) is 0.347. The molecule has 0 atom stereocenters. The molecule has 0 amide bonds. The van der Waals surface area contributed by atoms with Crippen molar-refractivity contribution < 1.29 is 27.4 Å². The predicted molar refractivity (Wildman–Crippen MR) is 136 cm³/mol. The fourth-order valence-electron chi connectivity index (χ4n) is 3.43. The summed E-state index contributed by atoms with van der Waals surface area (Å²) in [6.07, 6.45) is 6.18. The summed E-state index contributed by atoms with van der Waals surface area (Å²) in [4.78, 5) is 11.2. The Bertz CT molecular complexity index is 1130. The summed E-state index contributed by atoms with van der Waals surface area (Å²) >= 11 is 0. The van der Waals surface area contributed by atoms with Crippen LogP contribution in [-0.2, 0) is 38.0 Å². The van der Waals surface area contributed by atoms with Crippen LogP contribution in [0.5, 0.6) is 11.5 Å². The SMILES string of the molecule is CCc1cc(CC)c(/C=C/S(=O)(=O)Cc2ccc(OC)c(NC/C=C/C(=O)OC)c2)c(OC)c1. The van der Waals surface area contributed by atoms with Crippen molar-refractivity contribution in [1.82, 2.24) is 0 Å². The molecule has 0 aliphatic rings. The Morgan fingerprint density at radius 3 is 2.32 bits per heavy atom. The summed E-state index contributed by atoms with van der Waals surface area (Å²) in [5.41, 5.74) is 4.19. The minimum atomic E-state index is -3.55. The average molecular weight is 488 g/mol. The highest BCUT2D eigenvalue weighted by Crippen LogP contribution is 2.29. The fraction of sp³-hybridized carbons (Fsp3) is 0.346. The lowest BCUT2D eigenvalue weighted by Crippen LogP contribution is -2.05. The first kappa shape index (κ1) is 27.0. The number of methoxy groups -OCH3 is 3. The maximum absolute atomic E-state index is 12.9. The van der Waals surface area contributed by atoms with Crippen LogP contribution in [-0.4, -0.2) is 42.3 Å². The highest BCUT2D eigenvalue weighted by molar-refractivity contribution is 7.93. The second-order valence-corrected chi connectivity index (χ2v) is 9.42. The molecule has 0 aliphatic carbocycles. The maximum Gasteiger partial charge on any atom is 0.330 e. The van der Waals surface area contributed by atoms with Gasteiger partial charge in [-0.25, -0.2) is 13.2 Å². The molecule has 2 aromatic carbocycles. The summed E-state index contributed by atoms with van der Waals surface area (Å²) < 4.78 is 41.2. The smallest absolute Gasteiger partial charge is 0.330 e. The third-order valence-corrected chi connectivity index (χ3v) is 6.52. The molecule has 1 N–H and O–H groups in total. The zero-order valence-electron chi connectivity index (χ0n) is 20.4. The number of hydrogen-bond donors (Lipinski definition) is 1. The molecule has 0 saturated heterocycles. The number of aryl methyl sites for hydroxylation is 2. The first-order chi connectivity index (χ1) is 16.3. The molecule has 2 rings (SSSR count). The summed E-state index contributed by atoms with van der Waals surface area (Å²) in [7, 11) is 0.876. The minimum Gasteiger partial charge on any atom is -0.496 e. The number of carbonyl (C=O) groups excluding carboxylic acids is 1. The van der Waals surface area contributed by atoms with E-state index in [-0.39, 0.29) is 5.75 Å². The number of esters is 1. The zero-order valence-corrected chi connectivity index (χ0v) is 21.2. The van der Waals surface area contributed by atoms with Crippen molar-refractivity contribution >= 4 is 27.6 Å². The Balaban J connectivity index is 2.24. The zero-order chi connectivity index (χ0) is 25.1. The van der Waals surface area contributed by atoms with Gasteiger partial charge in [-0.15, -0.1) is 0 Å². The molecule has 8 heteroatoms. The third-order valence-electron chi connectivity index (χ3n) is 5.24. The number of benzene rings is 2. The topological polar surface area (TPSA) is 90.9 Å². The fourth-order valence-corrected chi connectivity index (χ4v) is 4.51. The van der Waals surface area contributed by atoms with Crippen molar-refractivity contribution in [2.24, 2.45) is 0 Å². The predicted octanol–water partition coefficient (Wildman–Crippen LogP) is 4.56. The molecule has 184 valence electrons. The molecular formula is C26H33NO6S. The van der Waals surface area contributed by atoms with Crippen LogP contribution in [0.3, 0.4) is 0 Å². The summed E-state index contributed by atoms with van der Waals surface area (Å²) in [6.45, 7) is 4.45. The normalized spacial score (nSPS) is 11.7. The van der Waals surface area contributed by atoms with Gasteiger partial charge in [0.25, 0.3) is 0 Å². The highest BCUT2D eigenvalue weighted by atomic mass is 32.2. The van der Waals surface area contributed by atoms with E-state index in [1.54, 1.807) is 37.5 Å². The van der Waals surface area contributed by atoms with Crippen molar-refractivity contribution in [3.63, 3.8) is 0 Å². The van der Waals surface area contributed by atoms with E-state index in [4.69, 9.17) is 9.47 Å². The van der Waals surface area contributed by atoms with Gasteiger partial charge in [-0.3, -0.25) is 0 Å². The van der Waals surface area contributed by atoms with E-state index in [1.165, 1.54) is 25.7 Å². The Labute approximate surface area is 202 Å². The molecule has 0 unspecified atom stereocenters. The first-order valence-electron chi connectivity index (χ1n) is 11.0. The molecule has 0 aromatic heterocycles. The molecule has 0 radical (unpaired) electrons. The van der Waals surface area contributed by atoms with Gasteiger partial charge in [0.15, 0.2) is 9.84 Å². The molecule has 2 aromatic rings. The Morgan fingerprint density at radius 1 is 0.971 bits per heavy atom. The maximum atomic E-state index is 12.9. The summed E-state index contributed by atoms with van der Waals surface area (Å²) in [5.74, 6) is 0.611. The van der Waals surface area contributed by atoms with Gasteiger partial charge in [0.2, 0.25) is 0 Å². The summed E-state index contributed by atoms with van der Waals surface area (Å²) in [6, 6.07) is 9.19. The molecule has 0 saturated carbocycles. The van der Waals surface area contributed by atoms with Gasteiger partial charge < -0.3 is 19.5 Å². The molecule has 7 nitrogen and oxygen atoms in total. The van der Waals surface area contributed by atoms with Crippen LogP contribution >= 0.6 is 0 Å². The van der Waals surface area contributed by atoms with Gasteiger partial charge >= 0.3 is 5.97 Å². The Kier molecular flexibility index (Phi) is 10.2. The lowest BCUT2D eigenvalue weighted by atomic mass is 9.99. The summed E-state index contributed by atoms with van der Waals surface area (Å²) in [5, 5.41) is 4.36. The number of hydrogen-bond acceptors (Lipinski definition) is 7. The first-order valence-corrected chi connectivity index (χ1v) is 12.7. The largest absolute Gasteiger partial charge is 0.496 e. The van der Waals surface area contributed by atoms with E-state index < -0.39 is 15.8 Å². The van der Waals surface area contributed by atoms with Crippen molar-refractivity contribution in [3.8, 4) is 11.5 Å². The average Bonchev–Trinajstić information content (AvgIpc) is 2.84. The van der Waals surface area contributed by atoms with Crippen molar-refractivity contribution in [1.29, 1.82) is 0 Å². The lowest BCUT2D eigenvalue weighted by Gasteiger charge is -2.13. The number of sulfone groups is 1. The van der Waals surface area contributed by atoms with E-state index in [0.717, 1.165) is 29.5 Å². The second kappa shape index (κ2) is 12.8. The van der Waals surface area contributed by atoms with Crippen LogP contribution in [0.25, 0.3) is 6.08 Å². The Hall–Kier alpha value is -3.26. The van der Waals surface area contributed by atoms with Crippen LogP contribution in [0.1, 0.15) is 36.1 Å². The minimum absolute atomic E-state index is 0.170. The second-order valence-electron chi connectivity index (χ2n) is 7.53. The van der Waals surface area contributed by atoms with Gasteiger partial charge in [-0.1, -0.05) is 32.1 Å². The number of ether oxygens (including phenoxy) is 3. The van der Waals surface area contributed by atoms with Crippen LogP contribution in [0.15, 0.2) is 47.9 Å². The van der Waals surface area contributed by atoms with Gasteiger partial charge in [-0.2, -0.15) is 0 Å². The van der Waals surface area contributed by atoms with Gasteiger partial charge in [0, 0.05) is 23.6 Å². The molecule has 0 aliphatic heterocycles. The van der Waals surface area contributed by atoms with Crippen LogP contribution in [0.2, 0.25) is 0 Å². The van der Waals surface area contributed by atoms with Gasteiger partial charge in [-0.05, 0) is 53.8 Å².